The fourth-order valence-electron chi connectivity index (χ4n) is 1.39. The third-order valence-electron chi connectivity index (χ3n) is 2.69. The highest BCUT2D eigenvalue weighted by Gasteiger charge is 2.27. The van der Waals surface area contributed by atoms with Crippen LogP contribution in [-0.2, 0) is 6.54 Å². The standard InChI is InChI=1S/C10H16N4S/c1-7-9(15-6-13-7)5-12-10(11)14(2)8-3-4-8/h6,8H,3-5H2,1-2H3,(H2,11,12). The van der Waals surface area contributed by atoms with E-state index in [2.05, 4.69) is 14.9 Å². The number of rotatable bonds is 3. The maximum atomic E-state index is 5.88. The second-order valence-electron chi connectivity index (χ2n) is 3.88. The summed E-state index contributed by atoms with van der Waals surface area (Å²) in [6, 6.07) is 0.622. The van der Waals surface area contributed by atoms with Crippen molar-refractivity contribution >= 4 is 17.3 Å². The molecule has 15 heavy (non-hydrogen) atoms. The van der Waals surface area contributed by atoms with Gasteiger partial charge in [-0.15, -0.1) is 11.3 Å². The highest BCUT2D eigenvalue weighted by atomic mass is 32.1. The largest absolute Gasteiger partial charge is 0.370 e. The van der Waals surface area contributed by atoms with Crippen molar-refractivity contribution in [2.45, 2.75) is 32.4 Å². The van der Waals surface area contributed by atoms with E-state index in [0.717, 1.165) is 5.69 Å². The molecule has 4 nitrogen and oxygen atoms in total. The first-order valence-corrected chi connectivity index (χ1v) is 5.98. The highest BCUT2D eigenvalue weighted by Crippen LogP contribution is 2.25. The molecule has 5 heteroatoms. The Morgan fingerprint density at radius 1 is 1.73 bits per heavy atom. The van der Waals surface area contributed by atoms with E-state index in [1.165, 1.54) is 17.7 Å². The average Bonchev–Trinajstić information content (AvgIpc) is 2.99. The van der Waals surface area contributed by atoms with E-state index in [-0.39, 0.29) is 0 Å². The fraction of sp³-hybridized carbons (Fsp3) is 0.600. The lowest BCUT2D eigenvalue weighted by molar-refractivity contribution is 0.487. The van der Waals surface area contributed by atoms with Crippen LogP contribution in [0.4, 0.5) is 0 Å². The van der Waals surface area contributed by atoms with E-state index in [4.69, 9.17) is 5.73 Å². The molecule has 0 bridgehead atoms. The first kappa shape index (κ1) is 10.4. The third kappa shape index (κ3) is 2.47. The Kier molecular flexibility index (Phi) is 2.90. The lowest BCUT2D eigenvalue weighted by atomic mass is 10.4. The number of aliphatic imine (C=N–C) groups is 1. The van der Waals surface area contributed by atoms with Gasteiger partial charge in [0.05, 0.1) is 17.7 Å². The lowest BCUT2D eigenvalue weighted by Gasteiger charge is -2.16. The third-order valence-corrected chi connectivity index (χ3v) is 3.61. The zero-order valence-corrected chi connectivity index (χ0v) is 9.92. The molecule has 1 aliphatic rings. The normalized spacial score (nSPS) is 16.8. The Morgan fingerprint density at radius 3 is 3.00 bits per heavy atom. The molecule has 2 N–H and O–H groups in total. The van der Waals surface area contributed by atoms with Crippen LogP contribution in [0, 0.1) is 6.92 Å². The number of aromatic nitrogens is 1. The van der Waals surface area contributed by atoms with Crippen molar-refractivity contribution < 1.29 is 0 Å². The van der Waals surface area contributed by atoms with Crippen LogP contribution in [0.5, 0.6) is 0 Å². The van der Waals surface area contributed by atoms with Gasteiger partial charge in [-0.2, -0.15) is 0 Å². The molecule has 1 fully saturated rings. The van der Waals surface area contributed by atoms with Crippen molar-refractivity contribution in [3.05, 3.63) is 16.1 Å². The van der Waals surface area contributed by atoms with Crippen molar-refractivity contribution in [1.82, 2.24) is 9.88 Å². The molecule has 1 heterocycles. The van der Waals surface area contributed by atoms with Crippen molar-refractivity contribution in [3.8, 4) is 0 Å². The van der Waals surface area contributed by atoms with Gasteiger partial charge in [0.25, 0.3) is 0 Å². The van der Waals surface area contributed by atoms with Crippen molar-refractivity contribution in [2.75, 3.05) is 7.05 Å². The van der Waals surface area contributed by atoms with Gasteiger partial charge < -0.3 is 10.6 Å². The summed E-state index contributed by atoms with van der Waals surface area (Å²) in [5, 5.41) is 0. The van der Waals surface area contributed by atoms with Gasteiger partial charge in [0.1, 0.15) is 0 Å². The Balaban J connectivity index is 1.95. The van der Waals surface area contributed by atoms with Crippen LogP contribution in [0.1, 0.15) is 23.4 Å². The molecule has 0 aromatic carbocycles. The van der Waals surface area contributed by atoms with Gasteiger partial charge in [-0.05, 0) is 19.8 Å². The summed E-state index contributed by atoms with van der Waals surface area (Å²) >= 11 is 1.63. The predicted molar refractivity (Wildman–Crippen MR) is 63.0 cm³/mol. The second kappa shape index (κ2) is 4.18. The van der Waals surface area contributed by atoms with Gasteiger partial charge in [-0.3, -0.25) is 0 Å². The van der Waals surface area contributed by atoms with Crippen LogP contribution in [-0.4, -0.2) is 28.9 Å². The van der Waals surface area contributed by atoms with E-state index < -0.39 is 0 Å². The van der Waals surface area contributed by atoms with Gasteiger partial charge in [0.2, 0.25) is 0 Å². The fourth-order valence-corrected chi connectivity index (χ4v) is 2.09. The minimum absolute atomic E-state index is 0.622. The molecule has 0 amide bonds. The Hall–Kier alpha value is -1.10. The molecule has 0 atom stereocenters. The lowest BCUT2D eigenvalue weighted by Crippen LogP contribution is -2.35. The highest BCUT2D eigenvalue weighted by molar-refractivity contribution is 7.09. The van der Waals surface area contributed by atoms with Gasteiger partial charge >= 0.3 is 0 Å². The Bertz CT molecular complexity index is 367. The number of guanidine groups is 1. The maximum absolute atomic E-state index is 5.88. The van der Waals surface area contributed by atoms with Crippen LogP contribution in [0.2, 0.25) is 0 Å². The predicted octanol–water partition coefficient (Wildman–Crippen LogP) is 1.36. The Morgan fingerprint density at radius 2 is 2.47 bits per heavy atom. The topological polar surface area (TPSA) is 54.5 Å². The summed E-state index contributed by atoms with van der Waals surface area (Å²) in [7, 11) is 2.01. The van der Waals surface area contributed by atoms with Crippen LogP contribution in [0.25, 0.3) is 0 Å². The van der Waals surface area contributed by atoms with E-state index in [1.807, 2.05) is 19.5 Å². The maximum Gasteiger partial charge on any atom is 0.191 e. The number of aryl methyl sites for hydroxylation is 1. The quantitative estimate of drug-likeness (QED) is 0.623. The number of hydrogen-bond acceptors (Lipinski definition) is 3. The van der Waals surface area contributed by atoms with Crippen molar-refractivity contribution in [3.63, 3.8) is 0 Å². The van der Waals surface area contributed by atoms with Crippen LogP contribution in [0.15, 0.2) is 10.5 Å². The summed E-state index contributed by atoms with van der Waals surface area (Å²) < 4.78 is 0. The molecule has 0 unspecified atom stereocenters. The van der Waals surface area contributed by atoms with Gasteiger partial charge in [0.15, 0.2) is 5.96 Å². The molecule has 1 saturated carbocycles. The molecule has 0 aliphatic heterocycles. The minimum atomic E-state index is 0.622. The summed E-state index contributed by atoms with van der Waals surface area (Å²) in [5.41, 5.74) is 8.79. The van der Waals surface area contributed by atoms with E-state index in [0.29, 0.717) is 18.5 Å². The van der Waals surface area contributed by atoms with E-state index >= 15 is 0 Å². The summed E-state index contributed by atoms with van der Waals surface area (Å²) in [6.45, 7) is 2.65. The molecule has 82 valence electrons. The molecule has 1 aliphatic carbocycles. The van der Waals surface area contributed by atoms with Gasteiger partial charge in [-0.1, -0.05) is 0 Å². The molecule has 0 radical (unpaired) electrons. The Labute approximate surface area is 93.8 Å². The minimum Gasteiger partial charge on any atom is -0.370 e. The first-order chi connectivity index (χ1) is 7.18. The zero-order valence-electron chi connectivity index (χ0n) is 9.10. The molecular weight excluding hydrogens is 208 g/mol. The first-order valence-electron chi connectivity index (χ1n) is 5.10. The molecule has 2 rings (SSSR count). The molecule has 1 aromatic rings. The van der Waals surface area contributed by atoms with Crippen molar-refractivity contribution in [1.29, 1.82) is 0 Å². The number of nitrogens with two attached hydrogens (primary N) is 1. The SMILES string of the molecule is Cc1ncsc1CN=C(N)N(C)C1CC1. The monoisotopic (exact) mass is 224 g/mol. The van der Waals surface area contributed by atoms with E-state index in [1.54, 1.807) is 11.3 Å². The number of thiazole rings is 1. The second-order valence-corrected chi connectivity index (χ2v) is 4.82. The number of hydrogen-bond donors (Lipinski definition) is 1. The van der Waals surface area contributed by atoms with Crippen LogP contribution in [0.3, 0.4) is 0 Å². The van der Waals surface area contributed by atoms with Gasteiger partial charge in [-0.25, -0.2) is 9.98 Å². The summed E-state index contributed by atoms with van der Waals surface area (Å²) in [4.78, 5) is 11.8. The van der Waals surface area contributed by atoms with Crippen molar-refractivity contribution in [2.24, 2.45) is 10.7 Å². The summed E-state index contributed by atoms with van der Waals surface area (Å²) in [6.07, 6.45) is 2.48. The smallest absolute Gasteiger partial charge is 0.191 e. The zero-order chi connectivity index (χ0) is 10.8. The molecule has 0 saturated heterocycles. The molecular formula is C10H16N4S. The molecule has 1 aromatic heterocycles. The number of nitrogens with zero attached hydrogens (tertiary/aromatic N) is 3. The van der Waals surface area contributed by atoms with Gasteiger partial charge in [0, 0.05) is 18.0 Å². The van der Waals surface area contributed by atoms with Crippen LogP contribution < -0.4 is 5.73 Å². The van der Waals surface area contributed by atoms with E-state index in [9.17, 15) is 0 Å². The molecule has 0 spiro atoms. The average molecular weight is 224 g/mol. The summed E-state index contributed by atoms with van der Waals surface area (Å²) in [5.74, 6) is 0.644. The van der Waals surface area contributed by atoms with Crippen LogP contribution >= 0.6 is 11.3 Å².